The largest absolute Gasteiger partial charge is 0.393 e. The van der Waals surface area contributed by atoms with Gasteiger partial charge >= 0.3 is 0 Å². The third-order valence-electron chi connectivity index (χ3n) is 2.86. The maximum atomic E-state index is 10.4. The molecule has 112 valence electrons. The van der Waals surface area contributed by atoms with Gasteiger partial charge in [-0.2, -0.15) is 0 Å². The van der Waals surface area contributed by atoms with Crippen molar-refractivity contribution in [3.8, 4) is 0 Å². The number of unbranched alkanes of at least 4 members (excludes halogenated alkanes) is 6. The van der Waals surface area contributed by atoms with Crippen LogP contribution in [0.25, 0.3) is 0 Å². The standard InChI is InChI=1S/C8H18O.C8H16O.H2/c2*1-3-4-5-6-7-8(2)9;/h8-9H,3-7H2,1-2H3;3-7H2,1-2H3;1H. The van der Waals surface area contributed by atoms with Crippen LogP contribution in [0, 0.1) is 0 Å². The van der Waals surface area contributed by atoms with Gasteiger partial charge in [0.25, 0.3) is 0 Å². The molecule has 2 heteroatoms. The van der Waals surface area contributed by atoms with E-state index in [1.54, 1.807) is 6.92 Å². The predicted molar refractivity (Wildman–Crippen MR) is 82.0 cm³/mol. The van der Waals surface area contributed by atoms with E-state index >= 15 is 0 Å². The lowest BCUT2D eigenvalue weighted by atomic mass is 10.1. The van der Waals surface area contributed by atoms with E-state index in [1.807, 2.05) is 6.92 Å². The molecule has 0 aliphatic rings. The van der Waals surface area contributed by atoms with Gasteiger partial charge in [-0.3, -0.25) is 0 Å². The van der Waals surface area contributed by atoms with Crippen LogP contribution in [0.3, 0.4) is 0 Å². The summed E-state index contributed by atoms with van der Waals surface area (Å²) in [7, 11) is 0. The number of hydrogen-bond acceptors (Lipinski definition) is 2. The first-order valence-electron chi connectivity index (χ1n) is 7.72. The van der Waals surface area contributed by atoms with Crippen molar-refractivity contribution in [2.75, 3.05) is 0 Å². The molecule has 0 radical (unpaired) electrons. The summed E-state index contributed by atoms with van der Waals surface area (Å²) in [5.41, 5.74) is 0. The molecule has 0 aromatic carbocycles. The second kappa shape index (κ2) is 16.6. The van der Waals surface area contributed by atoms with Crippen molar-refractivity contribution < 1.29 is 11.3 Å². The van der Waals surface area contributed by atoms with Crippen LogP contribution < -0.4 is 0 Å². The average molecular weight is 260 g/mol. The summed E-state index contributed by atoms with van der Waals surface area (Å²) in [5.74, 6) is 0.325. The molecule has 0 bridgehead atoms. The van der Waals surface area contributed by atoms with Gasteiger partial charge in [-0.25, -0.2) is 0 Å². The van der Waals surface area contributed by atoms with Gasteiger partial charge in [-0.1, -0.05) is 58.8 Å². The molecule has 0 aliphatic carbocycles. The van der Waals surface area contributed by atoms with Crippen molar-refractivity contribution in [1.82, 2.24) is 0 Å². The summed E-state index contributed by atoms with van der Waals surface area (Å²) in [6.07, 6.45) is 11.5. The minimum Gasteiger partial charge on any atom is -0.393 e. The van der Waals surface area contributed by atoms with Crippen LogP contribution in [-0.4, -0.2) is 17.0 Å². The Labute approximate surface area is 116 Å². The number of ketones is 1. The Balaban J connectivity index is -0.000000256. The van der Waals surface area contributed by atoms with Gasteiger partial charge < -0.3 is 9.90 Å². The fourth-order valence-electron chi connectivity index (χ4n) is 1.67. The summed E-state index contributed by atoms with van der Waals surface area (Å²) in [6.45, 7) is 7.88. The zero-order valence-electron chi connectivity index (χ0n) is 13.0. The molecule has 0 aliphatic heterocycles. The second-order valence-corrected chi connectivity index (χ2v) is 5.21. The molecule has 0 amide bonds. The van der Waals surface area contributed by atoms with Crippen LogP contribution in [0.2, 0.25) is 0 Å². The predicted octanol–water partition coefficient (Wildman–Crippen LogP) is 5.13. The molecule has 1 N–H and O–H groups in total. The Kier molecular flexibility index (Phi) is 18.4. The zero-order valence-corrected chi connectivity index (χ0v) is 13.0. The molecule has 0 saturated heterocycles. The Hall–Kier alpha value is -0.370. The second-order valence-electron chi connectivity index (χ2n) is 5.21. The smallest absolute Gasteiger partial charge is 0.129 e. The zero-order chi connectivity index (χ0) is 14.2. The molecule has 0 aromatic rings. The van der Waals surface area contributed by atoms with Crippen LogP contribution in [0.15, 0.2) is 0 Å². The average Bonchev–Trinajstić information content (AvgIpc) is 2.31. The van der Waals surface area contributed by atoms with Crippen molar-refractivity contribution in [3.05, 3.63) is 0 Å². The summed E-state index contributed by atoms with van der Waals surface area (Å²) in [4.78, 5) is 10.4. The van der Waals surface area contributed by atoms with Gasteiger partial charge in [0, 0.05) is 7.85 Å². The molecule has 0 spiro atoms. The number of carbonyl (C=O) groups is 1. The lowest BCUT2D eigenvalue weighted by Crippen LogP contribution is -1.97. The van der Waals surface area contributed by atoms with Gasteiger partial charge in [-0.05, 0) is 26.7 Å². The summed E-state index contributed by atoms with van der Waals surface area (Å²) < 4.78 is 0. The first kappa shape index (κ1) is 20.0. The van der Waals surface area contributed by atoms with Crippen LogP contribution >= 0.6 is 0 Å². The third-order valence-corrected chi connectivity index (χ3v) is 2.86. The summed E-state index contributed by atoms with van der Waals surface area (Å²) in [6, 6.07) is 0. The van der Waals surface area contributed by atoms with Crippen molar-refractivity contribution in [2.45, 2.75) is 98.0 Å². The Morgan fingerprint density at radius 3 is 1.89 bits per heavy atom. The first-order chi connectivity index (χ1) is 8.54. The molecule has 0 saturated carbocycles. The SMILES string of the molecule is CCCCCCC(C)=O.CCCCCCC(C)O.[HH]. The number of aliphatic hydroxyl groups excluding tert-OH is 1. The lowest BCUT2D eigenvalue weighted by molar-refractivity contribution is -0.117. The van der Waals surface area contributed by atoms with Crippen molar-refractivity contribution in [1.29, 1.82) is 0 Å². The fraction of sp³-hybridized carbons (Fsp3) is 0.938. The van der Waals surface area contributed by atoms with E-state index in [1.165, 1.54) is 44.9 Å². The van der Waals surface area contributed by atoms with Gasteiger partial charge in [0.2, 0.25) is 0 Å². The first-order valence-corrected chi connectivity index (χ1v) is 7.72. The van der Waals surface area contributed by atoms with E-state index in [2.05, 4.69) is 13.8 Å². The quantitative estimate of drug-likeness (QED) is 0.553. The molecule has 0 aromatic heterocycles. The van der Waals surface area contributed by atoms with Crippen LogP contribution in [0.4, 0.5) is 0 Å². The van der Waals surface area contributed by atoms with Gasteiger partial charge in [0.1, 0.15) is 5.78 Å². The molecule has 0 rings (SSSR count). The van der Waals surface area contributed by atoms with Crippen molar-refractivity contribution in [3.63, 3.8) is 0 Å². The Bertz CT molecular complexity index is 170. The molecule has 0 heterocycles. The van der Waals surface area contributed by atoms with E-state index in [4.69, 9.17) is 5.11 Å². The molecule has 18 heavy (non-hydrogen) atoms. The van der Waals surface area contributed by atoms with Gasteiger partial charge in [0.15, 0.2) is 0 Å². The maximum Gasteiger partial charge on any atom is 0.129 e. The minimum absolute atomic E-state index is 0. The number of hydrogen-bond donors (Lipinski definition) is 1. The molecule has 0 fully saturated rings. The number of aliphatic hydroxyl groups is 1. The molecular weight excluding hydrogens is 224 g/mol. The van der Waals surface area contributed by atoms with E-state index in [9.17, 15) is 4.79 Å². The maximum absolute atomic E-state index is 10.4. The molecule has 1 unspecified atom stereocenters. The number of carbonyl (C=O) groups excluding carboxylic acids is 1. The van der Waals surface area contributed by atoms with Gasteiger partial charge in [0.05, 0.1) is 6.10 Å². The summed E-state index contributed by atoms with van der Waals surface area (Å²) >= 11 is 0. The highest BCUT2D eigenvalue weighted by Gasteiger charge is 1.93. The Morgan fingerprint density at radius 2 is 1.50 bits per heavy atom. The molecule has 1 atom stereocenters. The van der Waals surface area contributed by atoms with E-state index < -0.39 is 0 Å². The third kappa shape index (κ3) is 24.7. The topological polar surface area (TPSA) is 37.3 Å². The van der Waals surface area contributed by atoms with Crippen LogP contribution in [0.1, 0.15) is 93.3 Å². The lowest BCUT2D eigenvalue weighted by Gasteiger charge is -2.01. The highest BCUT2D eigenvalue weighted by Crippen LogP contribution is 2.04. The monoisotopic (exact) mass is 260 g/mol. The molecular formula is C16H36O2. The molecule has 2 nitrogen and oxygen atoms in total. The number of rotatable bonds is 10. The fourth-order valence-corrected chi connectivity index (χ4v) is 1.67. The van der Waals surface area contributed by atoms with Crippen LogP contribution in [0.5, 0.6) is 0 Å². The Morgan fingerprint density at radius 1 is 1.00 bits per heavy atom. The highest BCUT2D eigenvalue weighted by molar-refractivity contribution is 5.75. The minimum atomic E-state index is -0.0955. The summed E-state index contributed by atoms with van der Waals surface area (Å²) in [5, 5.41) is 8.85. The van der Waals surface area contributed by atoms with Crippen molar-refractivity contribution in [2.24, 2.45) is 0 Å². The normalized spacial score (nSPS) is 11.6. The van der Waals surface area contributed by atoms with E-state index in [0.29, 0.717) is 5.78 Å². The highest BCUT2D eigenvalue weighted by atomic mass is 16.3. The van der Waals surface area contributed by atoms with E-state index in [0.717, 1.165) is 19.3 Å². The number of Topliss-reactive ketones (excluding diaryl/α,β-unsaturated/α-hetero) is 1. The van der Waals surface area contributed by atoms with Gasteiger partial charge in [-0.15, -0.1) is 0 Å². The van der Waals surface area contributed by atoms with Crippen LogP contribution in [-0.2, 0) is 4.79 Å². The van der Waals surface area contributed by atoms with Crippen molar-refractivity contribution >= 4 is 5.78 Å². The van der Waals surface area contributed by atoms with E-state index in [-0.39, 0.29) is 7.53 Å².